The van der Waals surface area contributed by atoms with Crippen LogP contribution in [0.25, 0.3) is 5.69 Å². The zero-order valence-corrected chi connectivity index (χ0v) is 20.3. The van der Waals surface area contributed by atoms with Gasteiger partial charge in [-0.2, -0.15) is 10.2 Å². The second-order valence-corrected chi connectivity index (χ2v) is 7.51. The van der Waals surface area contributed by atoms with Crippen LogP contribution in [0.2, 0.25) is 0 Å². The number of aliphatic imine (C=N–C) groups is 1. The molecule has 180 valence electrons. The van der Waals surface area contributed by atoms with Gasteiger partial charge in [-0.1, -0.05) is 38.1 Å². The molecular weight excluding hydrogens is 430 g/mol. The van der Waals surface area contributed by atoms with E-state index < -0.39 is 0 Å². The number of carbonyl (C=O) groups excluding carboxylic acids is 1. The minimum atomic E-state index is -0.300. The zero-order chi connectivity index (χ0) is 24.5. The van der Waals surface area contributed by atoms with Crippen molar-refractivity contribution in [2.75, 3.05) is 31.6 Å². The Morgan fingerprint density at radius 2 is 2.09 bits per heavy atom. The standard InChI is InChI=1S/C23H27N7O2.C2H6/c1-4-24-20-14-29(5-2)26-13-18(20)23(31)27-22-12-19(21-15-32-11-10-25-21)28-30(22)17-8-6-16(3)7-9-17;1-2/h4-9,12-13,21,25H,2,10-11,14-15H2,1,3H3,(H,27,31);1-2H3. The van der Waals surface area contributed by atoms with E-state index in [2.05, 4.69) is 27.3 Å². The number of carbonyl (C=O) groups is 1. The van der Waals surface area contributed by atoms with E-state index in [1.807, 2.05) is 58.0 Å². The summed E-state index contributed by atoms with van der Waals surface area (Å²) in [5, 5.41) is 17.1. The van der Waals surface area contributed by atoms with Crippen LogP contribution >= 0.6 is 0 Å². The highest BCUT2D eigenvalue weighted by Gasteiger charge is 2.24. The quantitative estimate of drug-likeness (QED) is 0.638. The van der Waals surface area contributed by atoms with Crippen LogP contribution in [-0.2, 0) is 9.53 Å². The van der Waals surface area contributed by atoms with Gasteiger partial charge in [0.1, 0.15) is 5.82 Å². The van der Waals surface area contributed by atoms with Crippen LogP contribution < -0.4 is 10.6 Å². The topological polar surface area (TPSA) is 96.1 Å². The van der Waals surface area contributed by atoms with E-state index in [9.17, 15) is 4.79 Å². The van der Waals surface area contributed by atoms with Crippen LogP contribution in [0.1, 0.15) is 38.1 Å². The van der Waals surface area contributed by atoms with Crippen molar-refractivity contribution in [1.29, 1.82) is 0 Å². The summed E-state index contributed by atoms with van der Waals surface area (Å²) in [7, 11) is 0. The minimum Gasteiger partial charge on any atom is -0.378 e. The highest BCUT2D eigenvalue weighted by molar-refractivity contribution is 6.18. The second kappa shape index (κ2) is 12.1. The summed E-state index contributed by atoms with van der Waals surface area (Å²) in [6, 6.07) is 9.81. The van der Waals surface area contributed by atoms with Crippen LogP contribution in [0.15, 0.2) is 64.5 Å². The van der Waals surface area contributed by atoms with Crippen molar-refractivity contribution in [3.8, 4) is 5.69 Å². The van der Waals surface area contributed by atoms with Crippen molar-refractivity contribution in [1.82, 2.24) is 20.1 Å². The number of benzene rings is 1. The third-order valence-electron chi connectivity index (χ3n) is 5.23. The molecule has 1 amide bonds. The van der Waals surface area contributed by atoms with Gasteiger partial charge in [0.25, 0.3) is 5.91 Å². The number of rotatable bonds is 6. The van der Waals surface area contributed by atoms with Crippen molar-refractivity contribution in [3.63, 3.8) is 0 Å². The molecule has 9 nitrogen and oxygen atoms in total. The number of ether oxygens (including phenoxy) is 1. The lowest BCUT2D eigenvalue weighted by atomic mass is 10.1. The third kappa shape index (κ3) is 5.86. The van der Waals surface area contributed by atoms with Crippen LogP contribution in [0.4, 0.5) is 5.82 Å². The molecule has 2 aromatic rings. The van der Waals surface area contributed by atoms with Gasteiger partial charge in [-0.3, -0.25) is 14.8 Å². The van der Waals surface area contributed by atoms with E-state index in [4.69, 9.17) is 9.84 Å². The first-order chi connectivity index (χ1) is 16.6. The highest BCUT2D eigenvalue weighted by Crippen LogP contribution is 2.24. The lowest BCUT2D eigenvalue weighted by molar-refractivity contribution is -0.112. The summed E-state index contributed by atoms with van der Waals surface area (Å²) in [5.74, 6) is 0.263. The monoisotopic (exact) mass is 463 g/mol. The molecule has 1 unspecified atom stereocenters. The maximum atomic E-state index is 13.2. The van der Waals surface area contributed by atoms with Crippen LogP contribution in [0.5, 0.6) is 0 Å². The van der Waals surface area contributed by atoms with E-state index in [1.165, 1.54) is 6.21 Å². The van der Waals surface area contributed by atoms with Gasteiger partial charge in [0.05, 0.1) is 54.7 Å². The van der Waals surface area contributed by atoms with Crippen molar-refractivity contribution in [2.24, 2.45) is 10.1 Å². The molecule has 2 aliphatic heterocycles. The average molecular weight is 464 g/mol. The lowest BCUT2D eigenvalue weighted by Gasteiger charge is -2.21. The van der Waals surface area contributed by atoms with E-state index in [0.717, 1.165) is 23.5 Å². The van der Waals surface area contributed by atoms with Gasteiger partial charge in [0.15, 0.2) is 0 Å². The summed E-state index contributed by atoms with van der Waals surface area (Å²) >= 11 is 0. The number of hydrogen-bond acceptors (Lipinski definition) is 7. The van der Waals surface area contributed by atoms with E-state index in [0.29, 0.717) is 36.8 Å². The Morgan fingerprint density at radius 3 is 2.74 bits per heavy atom. The van der Waals surface area contributed by atoms with Gasteiger partial charge in [0, 0.05) is 25.0 Å². The molecule has 9 heteroatoms. The fourth-order valence-electron chi connectivity index (χ4n) is 3.53. The van der Waals surface area contributed by atoms with Gasteiger partial charge in [-0.05, 0) is 26.0 Å². The Morgan fingerprint density at radius 1 is 1.32 bits per heavy atom. The second-order valence-electron chi connectivity index (χ2n) is 7.51. The summed E-state index contributed by atoms with van der Waals surface area (Å²) in [6.45, 7) is 13.9. The molecule has 1 atom stereocenters. The molecule has 1 fully saturated rings. The first kappa shape index (κ1) is 25.1. The first-order valence-corrected chi connectivity index (χ1v) is 11.5. The van der Waals surface area contributed by atoms with Crippen LogP contribution in [0.3, 0.4) is 0 Å². The highest BCUT2D eigenvalue weighted by atomic mass is 16.5. The van der Waals surface area contributed by atoms with E-state index in [1.54, 1.807) is 22.1 Å². The number of morpholine rings is 1. The maximum Gasteiger partial charge on any atom is 0.260 e. The Balaban J connectivity index is 0.00000158. The molecule has 1 aromatic heterocycles. The molecule has 0 saturated carbocycles. The predicted molar refractivity (Wildman–Crippen MR) is 136 cm³/mol. The van der Waals surface area contributed by atoms with Crippen molar-refractivity contribution in [3.05, 3.63) is 65.6 Å². The Labute approximate surface area is 200 Å². The maximum absolute atomic E-state index is 13.2. The van der Waals surface area contributed by atoms with Gasteiger partial charge in [0.2, 0.25) is 0 Å². The lowest BCUT2D eigenvalue weighted by Crippen LogP contribution is -2.34. The molecule has 0 radical (unpaired) electrons. The average Bonchev–Trinajstić information content (AvgIpc) is 3.30. The van der Waals surface area contributed by atoms with Gasteiger partial charge in [-0.25, -0.2) is 4.68 Å². The summed E-state index contributed by atoms with van der Waals surface area (Å²) in [6.07, 6.45) is 4.76. The number of aryl methyl sites for hydroxylation is 1. The number of amides is 1. The molecule has 1 saturated heterocycles. The van der Waals surface area contributed by atoms with Gasteiger partial charge in [-0.15, -0.1) is 0 Å². The normalized spacial score (nSPS) is 18.0. The summed E-state index contributed by atoms with van der Waals surface area (Å²) in [5.41, 5.74) is 3.81. The fourth-order valence-corrected chi connectivity index (χ4v) is 3.53. The SMILES string of the molecule is C=CN1CC(N=CC)=C(C(=O)Nc2cc(C3COCCN3)nn2-c2ccc(C)cc2)C=N1.CC. The number of hydrazone groups is 1. The molecule has 0 bridgehead atoms. The molecule has 3 heterocycles. The fraction of sp³-hybridized carbons (Fsp3) is 0.360. The smallest absolute Gasteiger partial charge is 0.260 e. The first-order valence-electron chi connectivity index (χ1n) is 11.5. The zero-order valence-electron chi connectivity index (χ0n) is 20.3. The van der Waals surface area contributed by atoms with E-state index in [-0.39, 0.29) is 11.9 Å². The van der Waals surface area contributed by atoms with E-state index >= 15 is 0 Å². The molecular formula is C25H33N7O2. The molecule has 0 aliphatic carbocycles. The molecule has 1 aromatic carbocycles. The van der Waals surface area contributed by atoms with Gasteiger partial charge >= 0.3 is 0 Å². The molecule has 2 N–H and O–H groups in total. The van der Waals surface area contributed by atoms with Crippen molar-refractivity contribution >= 4 is 24.2 Å². The van der Waals surface area contributed by atoms with Gasteiger partial charge < -0.3 is 15.4 Å². The minimum absolute atomic E-state index is 0.0389. The summed E-state index contributed by atoms with van der Waals surface area (Å²) < 4.78 is 7.33. The summed E-state index contributed by atoms with van der Waals surface area (Å²) in [4.78, 5) is 17.6. The molecule has 2 aliphatic rings. The molecule has 0 spiro atoms. The Hall–Kier alpha value is -3.56. The van der Waals surface area contributed by atoms with Crippen molar-refractivity contribution < 1.29 is 9.53 Å². The van der Waals surface area contributed by atoms with Crippen LogP contribution in [-0.4, -0.2) is 59.4 Å². The number of nitrogens with zero attached hydrogens (tertiary/aromatic N) is 5. The Kier molecular flexibility index (Phi) is 8.89. The van der Waals surface area contributed by atoms with Crippen LogP contribution in [0, 0.1) is 6.92 Å². The number of anilines is 1. The number of hydrogen-bond donors (Lipinski definition) is 2. The largest absolute Gasteiger partial charge is 0.378 e. The number of nitrogens with one attached hydrogen (secondary N) is 2. The predicted octanol–water partition coefficient (Wildman–Crippen LogP) is 3.60. The molecule has 34 heavy (non-hydrogen) atoms. The van der Waals surface area contributed by atoms with Crippen molar-refractivity contribution in [2.45, 2.75) is 33.7 Å². The molecule has 4 rings (SSSR count). The Bertz CT molecular complexity index is 1080. The number of aromatic nitrogens is 2. The third-order valence-corrected chi connectivity index (χ3v) is 5.23.